The monoisotopic (exact) mass is 215 g/mol. The van der Waals surface area contributed by atoms with E-state index in [-0.39, 0.29) is 0 Å². The fourth-order valence-corrected chi connectivity index (χ4v) is 1.46. The Balaban J connectivity index is 2.96. The van der Waals surface area contributed by atoms with Crippen LogP contribution in [0.4, 0.5) is 0 Å². The first-order valence-electron chi connectivity index (χ1n) is 4.13. The largest absolute Gasteiger partial charge is 0.287 e. The fraction of sp³-hybridized carbons (Fsp3) is 0.300. The average Bonchev–Trinajstić information content (AvgIpc) is 2.15. The molecule has 0 amide bonds. The standard InChI is InChI=1S/C10H11Cl2N/c1-2-13-9(10(11)12)8-6-4-3-5-7-8/h3-7,10H,2H2,1H3. The van der Waals surface area contributed by atoms with Crippen molar-refractivity contribution in [3.05, 3.63) is 35.9 Å². The molecule has 0 aliphatic heterocycles. The summed E-state index contributed by atoms with van der Waals surface area (Å²) in [5.74, 6) is 0. The third kappa shape index (κ3) is 3.02. The summed E-state index contributed by atoms with van der Waals surface area (Å²) in [6.45, 7) is 2.65. The van der Waals surface area contributed by atoms with Gasteiger partial charge in [-0.25, -0.2) is 0 Å². The van der Waals surface area contributed by atoms with Crippen molar-refractivity contribution < 1.29 is 0 Å². The molecule has 0 aliphatic rings. The van der Waals surface area contributed by atoms with E-state index >= 15 is 0 Å². The molecule has 70 valence electrons. The van der Waals surface area contributed by atoms with Crippen molar-refractivity contribution in [2.45, 2.75) is 11.8 Å². The van der Waals surface area contributed by atoms with Crippen LogP contribution in [0, 0.1) is 0 Å². The van der Waals surface area contributed by atoms with E-state index in [2.05, 4.69) is 4.99 Å². The minimum Gasteiger partial charge on any atom is -0.287 e. The third-order valence-corrected chi connectivity index (χ3v) is 2.02. The highest BCUT2D eigenvalue weighted by Crippen LogP contribution is 2.12. The number of benzene rings is 1. The number of alkyl halides is 2. The first-order valence-corrected chi connectivity index (χ1v) is 5.01. The van der Waals surface area contributed by atoms with Gasteiger partial charge in [0.05, 0.1) is 5.71 Å². The molecule has 0 saturated heterocycles. The zero-order valence-corrected chi connectivity index (χ0v) is 8.89. The molecule has 0 aliphatic carbocycles. The van der Waals surface area contributed by atoms with E-state index in [0.717, 1.165) is 11.3 Å². The van der Waals surface area contributed by atoms with Gasteiger partial charge in [-0.15, -0.1) is 0 Å². The number of hydrogen-bond donors (Lipinski definition) is 0. The summed E-state index contributed by atoms with van der Waals surface area (Å²) >= 11 is 11.6. The Kier molecular flexibility index (Phi) is 4.26. The van der Waals surface area contributed by atoms with Crippen molar-refractivity contribution >= 4 is 28.9 Å². The number of halogens is 2. The zero-order chi connectivity index (χ0) is 9.68. The Bertz CT molecular complexity index is 280. The van der Waals surface area contributed by atoms with E-state index in [4.69, 9.17) is 23.2 Å². The Morgan fingerprint density at radius 2 is 1.92 bits per heavy atom. The van der Waals surface area contributed by atoms with Gasteiger partial charge in [-0.05, 0) is 12.5 Å². The molecular formula is C10H11Cl2N. The summed E-state index contributed by atoms with van der Waals surface area (Å²) in [5.41, 5.74) is 1.73. The van der Waals surface area contributed by atoms with Crippen LogP contribution in [-0.2, 0) is 0 Å². The summed E-state index contributed by atoms with van der Waals surface area (Å²) in [6, 6.07) is 9.73. The highest BCUT2D eigenvalue weighted by Gasteiger charge is 2.10. The van der Waals surface area contributed by atoms with Gasteiger partial charge in [-0.3, -0.25) is 4.99 Å². The second-order valence-electron chi connectivity index (χ2n) is 2.53. The van der Waals surface area contributed by atoms with Gasteiger partial charge in [0.25, 0.3) is 0 Å². The van der Waals surface area contributed by atoms with Crippen LogP contribution in [-0.4, -0.2) is 17.1 Å². The molecule has 0 radical (unpaired) electrons. The van der Waals surface area contributed by atoms with Crippen molar-refractivity contribution in [3.63, 3.8) is 0 Å². The molecule has 3 heteroatoms. The summed E-state index contributed by atoms with van der Waals surface area (Å²) in [6.07, 6.45) is 0. The molecule has 1 rings (SSSR count). The summed E-state index contributed by atoms with van der Waals surface area (Å²) in [5, 5.41) is 0. The van der Waals surface area contributed by atoms with Crippen molar-refractivity contribution in [2.24, 2.45) is 4.99 Å². The lowest BCUT2D eigenvalue weighted by molar-refractivity contribution is 1.12. The lowest BCUT2D eigenvalue weighted by Gasteiger charge is -2.06. The number of rotatable bonds is 3. The fourth-order valence-electron chi connectivity index (χ4n) is 1.07. The molecule has 0 unspecified atom stereocenters. The normalized spacial score (nSPS) is 12.2. The summed E-state index contributed by atoms with van der Waals surface area (Å²) in [4.78, 5) is 3.69. The van der Waals surface area contributed by atoms with Crippen molar-refractivity contribution in [2.75, 3.05) is 6.54 Å². The van der Waals surface area contributed by atoms with Crippen LogP contribution >= 0.6 is 23.2 Å². The van der Waals surface area contributed by atoms with Crippen LogP contribution in [0.15, 0.2) is 35.3 Å². The second-order valence-corrected chi connectivity index (χ2v) is 3.62. The molecule has 0 saturated carbocycles. The Morgan fingerprint density at radius 3 is 2.38 bits per heavy atom. The predicted octanol–water partition coefficient (Wildman–Crippen LogP) is 3.30. The maximum absolute atomic E-state index is 5.79. The molecule has 0 atom stereocenters. The van der Waals surface area contributed by atoms with E-state index in [1.807, 2.05) is 37.3 Å². The molecule has 1 nitrogen and oxygen atoms in total. The third-order valence-electron chi connectivity index (χ3n) is 1.60. The molecule has 0 N–H and O–H groups in total. The van der Waals surface area contributed by atoms with Crippen LogP contribution < -0.4 is 0 Å². The van der Waals surface area contributed by atoms with Crippen LogP contribution in [0.2, 0.25) is 0 Å². The lowest BCUT2D eigenvalue weighted by Crippen LogP contribution is -2.10. The Labute approximate surface area is 88.4 Å². The van der Waals surface area contributed by atoms with Crippen molar-refractivity contribution in [3.8, 4) is 0 Å². The second kappa shape index (κ2) is 5.25. The highest BCUT2D eigenvalue weighted by atomic mass is 35.5. The van der Waals surface area contributed by atoms with Crippen LogP contribution in [0.25, 0.3) is 0 Å². The van der Waals surface area contributed by atoms with Gasteiger partial charge in [0.15, 0.2) is 0 Å². The Hall–Kier alpha value is -0.530. The summed E-state index contributed by atoms with van der Waals surface area (Å²) in [7, 11) is 0. The maximum Gasteiger partial charge on any atom is 0.149 e. The molecule has 0 spiro atoms. The Morgan fingerprint density at radius 1 is 1.31 bits per heavy atom. The van der Waals surface area contributed by atoms with Crippen LogP contribution in [0.5, 0.6) is 0 Å². The highest BCUT2D eigenvalue weighted by molar-refractivity contribution is 6.56. The quantitative estimate of drug-likeness (QED) is 0.543. The first-order chi connectivity index (χ1) is 6.25. The molecular weight excluding hydrogens is 205 g/mol. The van der Waals surface area contributed by atoms with Gasteiger partial charge in [-0.2, -0.15) is 0 Å². The molecule has 1 aromatic carbocycles. The van der Waals surface area contributed by atoms with Crippen LogP contribution in [0.1, 0.15) is 12.5 Å². The predicted molar refractivity (Wildman–Crippen MR) is 59.0 cm³/mol. The maximum atomic E-state index is 5.79. The first kappa shape index (κ1) is 10.6. The number of aliphatic imine (C=N–C) groups is 1. The molecule has 0 fully saturated rings. The van der Waals surface area contributed by atoms with Gasteiger partial charge in [0, 0.05) is 6.54 Å². The number of nitrogens with zero attached hydrogens (tertiary/aromatic N) is 1. The van der Waals surface area contributed by atoms with Gasteiger partial charge in [0.2, 0.25) is 0 Å². The molecule has 1 aromatic rings. The van der Waals surface area contributed by atoms with E-state index < -0.39 is 4.84 Å². The van der Waals surface area contributed by atoms with Crippen LogP contribution in [0.3, 0.4) is 0 Å². The van der Waals surface area contributed by atoms with E-state index in [0.29, 0.717) is 6.54 Å². The molecule has 0 aromatic heterocycles. The molecule has 13 heavy (non-hydrogen) atoms. The number of hydrogen-bond acceptors (Lipinski definition) is 1. The smallest absolute Gasteiger partial charge is 0.149 e. The topological polar surface area (TPSA) is 12.4 Å². The van der Waals surface area contributed by atoms with E-state index in [1.165, 1.54) is 0 Å². The van der Waals surface area contributed by atoms with Gasteiger partial charge in [0.1, 0.15) is 4.84 Å². The van der Waals surface area contributed by atoms with Gasteiger partial charge >= 0.3 is 0 Å². The van der Waals surface area contributed by atoms with E-state index in [1.54, 1.807) is 0 Å². The molecule has 0 heterocycles. The van der Waals surface area contributed by atoms with Crippen molar-refractivity contribution in [1.82, 2.24) is 0 Å². The van der Waals surface area contributed by atoms with Crippen molar-refractivity contribution in [1.29, 1.82) is 0 Å². The lowest BCUT2D eigenvalue weighted by atomic mass is 10.1. The van der Waals surface area contributed by atoms with Gasteiger partial charge < -0.3 is 0 Å². The SMILES string of the molecule is CCN=C(c1ccccc1)C(Cl)Cl. The zero-order valence-electron chi connectivity index (χ0n) is 7.37. The minimum absolute atomic E-state index is 0.553. The van der Waals surface area contributed by atoms with Gasteiger partial charge in [-0.1, -0.05) is 53.5 Å². The summed E-state index contributed by atoms with van der Waals surface area (Å²) < 4.78 is 0. The van der Waals surface area contributed by atoms with E-state index in [9.17, 15) is 0 Å². The molecule has 0 bridgehead atoms. The average molecular weight is 216 g/mol. The minimum atomic E-state index is -0.553.